The first-order chi connectivity index (χ1) is 9.83. The maximum absolute atomic E-state index is 5.39. The van der Waals surface area contributed by atoms with Gasteiger partial charge in [-0.2, -0.15) is 0 Å². The van der Waals surface area contributed by atoms with Crippen LogP contribution in [0.3, 0.4) is 0 Å². The number of hydrogen-bond donors (Lipinski definition) is 1. The third-order valence-electron chi connectivity index (χ3n) is 5.50. The predicted molar refractivity (Wildman–Crippen MR) is 80.1 cm³/mol. The molecule has 1 aromatic carbocycles. The summed E-state index contributed by atoms with van der Waals surface area (Å²) in [5, 5.41) is 3.96. The fourth-order valence-corrected chi connectivity index (χ4v) is 4.29. The summed E-state index contributed by atoms with van der Waals surface area (Å²) in [7, 11) is 1.76. The molecule has 2 atom stereocenters. The molecular weight excluding hydrogens is 248 g/mol. The highest BCUT2D eigenvalue weighted by molar-refractivity contribution is 5.40. The van der Waals surface area contributed by atoms with E-state index in [0.717, 1.165) is 11.7 Å². The lowest BCUT2D eigenvalue weighted by Gasteiger charge is -2.46. The number of aryl methyl sites for hydroxylation is 1. The van der Waals surface area contributed by atoms with E-state index in [4.69, 9.17) is 4.74 Å². The van der Waals surface area contributed by atoms with Gasteiger partial charge in [-0.15, -0.1) is 0 Å². The van der Waals surface area contributed by atoms with Crippen molar-refractivity contribution in [2.75, 3.05) is 26.7 Å². The summed E-state index contributed by atoms with van der Waals surface area (Å²) in [5.74, 6) is 1.89. The molecule has 108 valence electrons. The van der Waals surface area contributed by atoms with Crippen LogP contribution in [0, 0.1) is 5.92 Å². The van der Waals surface area contributed by atoms with Crippen molar-refractivity contribution in [1.82, 2.24) is 10.2 Å². The highest BCUT2D eigenvalue weighted by Gasteiger charge is 2.36. The summed E-state index contributed by atoms with van der Waals surface area (Å²) in [4.78, 5) is 2.62. The molecule has 2 unspecified atom stereocenters. The molecule has 4 aliphatic rings. The van der Waals surface area contributed by atoms with Gasteiger partial charge in [0, 0.05) is 18.6 Å². The zero-order chi connectivity index (χ0) is 13.5. The van der Waals surface area contributed by atoms with Crippen molar-refractivity contribution >= 4 is 0 Å². The Kier molecular flexibility index (Phi) is 3.20. The van der Waals surface area contributed by atoms with E-state index in [-0.39, 0.29) is 0 Å². The number of ether oxygens (including phenoxy) is 1. The Bertz CT molecular complexity index is 494. The third-order valence-corrected chi connectivity index (χ3v) is 5.50. The standard InChI is InChI=1S/C17H24N2O/c1-20-14-4-2-12-3-5-16(15(12)10-14)18-17-11-19-8-6-13(17)7-9-19/h2,4,10,13,16-18H,3,5-9,11H2,1H3. The monoisotopic (exact) mass is 272 g/mol. The molecule has 0 amide bonds. The van der Waals surface area contributed by atoms with Gasteiger partial charge in [-0.1, -0.05) is 6.07 Å². The maximum Gasteiger partial charge on any atom is 0.119 e. The van der Waals surface area contributed by atoms with E-state index in [1.807, 2.05) is 0 Å². The molecule has 5 rings (SSSR count). The van der Waals surface area contributed by atoms with Crippen LogP contribution in [0.2, 0.25) is 0 Å². The van der Waals surface area contributed by atoms with E-state index >= 15 is 0 Å². The first-order valence-corrected chi connectivity index (χ1v) is 7.98. The third kappa shape index (κ3) is 2.13. The highest BCUT2D eigenvalue weighted by atomic mass is 16.5. The molecule has 3 nitrogen and oxygen atoms in total. The van der Waals surface area contributed by atoms with Gasteiger partial charge < -0.3 is 15.0 Å². The fraction of sp³-hybridized carbons (Fsp3) is 0.647. The van der Waals surface area contributed by atoms with Crippen LogP contribution in [0.15, 0.2) is 18.2 Å². The molecule has 0 saturated carbocycles. The number of rotatable bonds is 3. The number of nitrogens with one attached hydrogen (secondary N) is 1. The minimum absolute atomic E-state index is 0.533. The summed E-state index contributed by atoms with van der Waals surface area (Å²) in [6.45, 7) is 3.89. The van der Waals surface area contributed by atoms with Crippen LogP contribution in [0.4, 0.5) is 0 Å². The van der Waals surface area contributed by atoms with Gasteiger partial charge in [0.25, 0.3) is 0 Å². The molecule has 20 heavy (non-hydrogen) atoms. The molecule has 3 fully saturated rings. The fourth-order valence-electron chi connectivity index (χ4n) is 4.29. The Labute approximate surface area is 121 Å². The van der Waals surface area contributed by atoms with Gasteiger partial charge >= 0.3 is 0 Å². The van der Waals surface area contributed by atoms with Crippen molar-refractivity contribution < 1.29 is 4.74 Å². The van der Waals surface area contributed by atoms with E-state index in [9.17, 15) is 0 Å². The molecule has 2 bridgehead atoms. The molecule has 0 spiro atoms. The molecular formula is C17H24N2O. The van der Waals surface area contributed by atoms with Crippen molar-refractivity contribution in [2.45, 2.75) is 37.8 Å². The SMILES string of the molecule is COc1ccc2c(c1)C(NC1CN3CCC1CC3)CC2. The normalized spacial score (nSPS) is 35.0. The quantitative estimate of drug-likeness (QED) is 0.914. The van der Waals surface area contributed by atoms with Gasteiger partial charge in [-0.3, -0.25) is 0 Å². The van der Waals surface area contributed by atoms with Gasteiger partial charge in [0.05, 0.1) is 7.11 Å². The van der Waals surface area contributed by atoms with Crippen LogP contribution in [0.25, 0.3) is 0 Å². The highest BCUT2D eigenvalue weighted by Crippen LogP contribution is 2.36. The van der Waals surface area contributed by atoms with Gasteiger partial charge in [0.15, 0.2) is 0 Å². The Balaban J connectivity index is 1.51. The van der Waals surface area contributed by atoms with E-state index in [1.165, 1.54) is 56.4 Å². The van der Waals surface area contributed by atoms with E-state index < -0.39 is 0 Å². The Hall–Kier alpha value is -1.06. The molecule has 3 aliphatic heterocycles. The van der Waals surface area contributed by atoms with Crippen LogP contribution in [-0.2, 0) is 6.42 Å². The van der Waals surface area contributed by atoms with Gasteiger partial charge in [0.1, 0.15) is 5.75 Å². The average molecular weight is 272 g/mol. The van der Waals surface area contributed by atoms with Gasteiger partial charge in [-0.25, -0.2) is 0 Å². The zero-order valence-electron chi connectivity index (χ0n) is 12.3. The molecule has 0 radical (unpaired) electrons. The van der Waals surface area contributed by atoms with Crippen molar-refractivity contribution in [3.05, 3.63) is 29.3 Å². The lowest BCUT2D eigenvalue weighted by atomic mass is 9.83. The van der Waals surface area contributed by atoms with E-state index in [1.54, 1.807) is 7.11 Å². The molecule has 0 aromatic heterocycles. The Morgan fingerprint density at radius 1 is 1.20 bits per heavy atom. The second-order valence-corrected chi connectivity index (χ2v) is 6.57. The van der Waals surface area contributed by atoms with Crippen molar-refractivity contribution in [1.29, 1.82) is 0 Å². The summed E-state index contributed by atoms with van der Waals surface area (Å²) >= 11 is 0. The number of methoxy groups -OCH3 is 1. The minimum Gasteiger partial charge on any atom is -0.497 e. The first-order valence-electron chi connectivity index (χ1n) is 7.98. The Morgan fingerprint density at radius 3 is 2.75 bits per heavy atom. The smallest absolute Gasteiger partial charge is 0.119 e. The topological polar surface area (TPSA) is 24.5 Å². The van der Waals surface area contributed by atoms with E-state index in [2.05, 4.69) is 28.4 Å². The molecule has 1 aliphatic carbocycles. The van der Waals surface area contributed by atoms with Crippen LogP contribution in [-0.4, -0.2) is 37.7 Å². The summed E-state index contributed by atoms with van der Waals surface area (Å²) < 4.78 is 5.39. The number of fused-ring (bicyclic) bond motifs is 4. The second-order valence-electron chi connectivity index (χ2n) is 6.57. The summed E-state index contributed by atoms with van der Waals surface area (Å²) in [6, 6.07) is 7.80. The van der Waals surface area contributed by atoms with Gasteiger partial charge in [-0.05, 0) is 68.0 Å². The first kappa shape index (κ1) is 12.7. The molecule has 1 N–H and O–H groups in total. The van der Waals surface area contributed by atoms with Crippen LogP contribution in [0.1, 0.15) is 36.4 Å². The van der Waals surface area contributed by atoms with Gasteiger partial charge in [0.2, 0.25) is 0 Å². The number of benzene rings is 1. The summed E-state index contributed by atoms with van der Waals surface area (Å²) in [6.07, 6.45) is 5.22. The van der Waals surface area contributed by atoms with Crippen molar-refractivity contribution in [3.8, 4) is 5.75 Å². The van der Waals surface area contributed by atoms with Crippen molar-refractivity contribution in [2.24, 2.45) is 5.92 Å². The number of piperidine rings is 3. The minimum atomic E-state index is 0.533. The maximum atomic E-state index is 5.39. The predicted octanol–water partition coefficient (Wildman–Crippen LogP) is 2.37. The largest absolute Gasteiger partial charge is 0.497 e. The number of nitrogens with zero attached hydrogens (tertiary/aromatic N) is 1. The molecule has 3 heterocycles. The number of hydrogen-bond acceptors (Lipinski definition) is 3. The van der Waals surface area contributed by atoms with E-state index in [0.29, 0.717) is 12.1 Å². The van der Waals surface area contributed by atoms with Crippen molar-refractivity contribution in [3.63, 3.8) is 0 Å². The Morgan fingerprint density at radius 2 is 2.05 bits per heavy atom. The summed E-state index contributed by atoms with van der Waals surface area (Å²) in [5.41, 5.74) is 2.98. The average Bonchev–Trinajstić information content (AvgIpc) is 2.91. The van der Waals surface area contributed by atoms with Crippen LogP contribution < -0.4 is 10.1 Å². The van der Waals surface area contributed by atoms with Crippen LogP contribution in [0.5, 0.6) is 5.75 Å². The lowest BCUT2D eigenvalue weighted by molar-refractivity contribution is 0.0670. The molecule has 3 saturated heterocycles. The second kappa shape index (κ2) is 5.05. The zero-order valence-corrected chi connectivity index (χ0v) is 12.3. The molecule has 3 heteroatoms. The molecule has 1 aromatic rings. The lowest BCUT2D eigenvalue weighted by Crippen LogP contribution is -2.56. The van der Waals surface area contributed by atoms with Crippen LogP contribution >= 0.6 is 0 Å².